The largest absolute Gasteiger partial charge is 0.416 e. The third-order valence-electron chi connectivity index (χ3n) is 2.00. The minimum absolute atomic E-state index is 0.0530. The number of anilines is 1. The number of hydrogen-bond acceptors (Lipinski definition) is 3. The van der Waals surface area contributed by atoms with Gasteiger partial charge in [0.15, 0.2) is 11.6 Å². The lowest BCUT2D eigenvalue weighted by molar-refractivity contribution is -0.137. The van der Waals surface area contributed by atoms with Crippen LogP contribution in [-0.2, 0) is 6.18 Å². The maximum Gasteiger partial charge on any atom is 0.416 e. The van der Waals surface area contributed by atoms with Crippen molar-refractivity contribution in [3.05, 3.63) is 34.6 Å². The molecule has 90 valence electrons. The minimum atomic E-state index is -4.41. The third kappa shape index (κ3) is 2.41. The summed E-state index contributed by atoms with van der Waals surface area (Å²) in [7, 11) is 0. The van der Waals surface area contributed by atoms with Crippen LogP contribution in [0.25, 0.3) is 5.82 Å². The van der Waals surface area contributed by atoms with Crippen molar-refractivity contribution in [3.63, 3.8) is 0 Å². The molecule has 2 rings (SSSR count). The van der Waals surface area contributed by atoms with E-state index in [4.69, 9.17) is 5.73 Å². The second-order valence-electron chi connectivity index (χ2n) is 3.21. The van der Waals surface area contributed by atoms with Crippen LogP contribution in [0.2, 0.25) is 0 Å². The van der Waals surface area contributed by atoms with E-state index in [1.165, 1.54) is 10.9 Å². The summed E-state index contributed by atoms with van der Waals surface area (Å²) in [6, 6.07) is 1.80. The van der Waals surface area contributed by atoms with Gasteiger partial charge in [-0.15, -0.1) is 5.10 Å². The van der Waals surface area contributed by atoms with Crippen LogP contribution in [0.1, 0.15) is 5.56 Å². The highest BCUT2D eigenvalue weighted by Gasteiger charge is 2.30. The number of pyridine rings is 1. The van der Waals surface area contributed by atoms with Crippen LogP contribution in [0.15, 0.2) is 29.0 Å². The Bertz CT molecular complexity index is 530. The number of nitrogen functional groups attached to an aromatic ring is 1. The fraction of sp³-hybridized carbons (Fsp3) is 0.111. The Labute approximate surface area is 102 Å². The molecule has 0 saturated carbocycles. The summed E-state index contributed by atoms with van der Waals surface area (Å²) in [5, 5.41) is 3.82. The van der Waals surface area contributed by atoms with Gasteiger partial charge in [0.2, 0.25) is 0 Å². The summed E-state index contributed by atoms with van der Waals surface area (Å²) in [5.74, 6) is 0.237. The van der Waals surface area contributed by atoms with E-state index in [1.54, 1.807) is 0 Å². The quantitative estimate of drug-likeness (QED) is 0.881. The molecular formula is C9H6BrF3N4. The van der Waals surface area contributed by atoms with Gasteiger partial charge in [-0.1, -0.05) is 0 Å². The molecule has 2 aromatic rings. The summed E-state index contributed by atoms with van der Waals surface area (Å²) in [5.41, 5.74) is 4.69. The zero-order valence-electron chi connectivity index (χ0n) is 8.24. The van der Waals surface area contributed by atoms with E-state index in [0.29, 0.717) is 4.47 Å². The topological polar surface area (TPSA) is 56.7 Å². The van der Waals surface area contributed by atoms with Crippen LogP contribution in [0, 0.1) is 0 Å². The van der Waals surface area contributed by atoms with Gasteiger partial charge in [-0.3, -0.25) is 0 Å². The Kier molecular flexibility index (Phi) is 2.82. The van der Waals surface area contributed by atoms with Gasteiger partial charge in [0.1, 0.15) is 0 Å². The number of halogens is 4. The molecule has 0 aliphatic carbocycles. The number of nitrogens with two attached hydrogens (primary N) is 1. The first-order valence-electron chi connectivity index (χ1n) is 4.42. The Morgan fingerprint density at radius 2 is 2.06 bits per heavy atom. The van der Waals surface area contributed by atoms with Crippen molar-refractivity contribution in [2.75, 3.05) is 5.73 Å². The fourth-order valence-corrected chi connectivity index (χ4v) is 1.48. The van der Waals surface area contributed by atoms with Crippen LogP contribution in [-0.4, -0.2) is 14.8 Å². The van der Waals surface area contributed by atoms with Crippen LogP contribution in [0.5, 0.6) is 0 Å². The SMILES string of the molecule is Nc1nn(-c2cc(C(F)(F)F)ccn2)cc1Br. The van der Waals surface area contributed by atoms with E-state index in [-0.39, 0.29) is 11.6 Å². The normalized spacial score (nSPS) is 11.8. The molecule has 8 heteroatoms. The molecule has 4 nitrogen and oxygen atoms in total. The third-order valence-corrected chi connectivity index (χ3v) is 2.61. The van der Waals surface area contributed by atoms with E-state index in [0.717, 1.165) is 18.3 Å². The van der Waals surface area contributed by atoms with Gasteiger partial charge in [0.05, 0.1) is 10.0 Å². The van der Waals surface area contributed by atoms with Crippen molar-refractivity contribution in [1.29, 1.82) is 0 Å². The lowest BCUT2D eigenvalue weighted by Crippen LogP contribution is -2.07. The van der Waals surface area contributed by atoms with Gasteiger partial charge >= 0.3 is 6.18 Å². The number of aromatic nitrogens is 3. The van der Waals surface area contributed by atoms with E-state index in [2.05, 4.69) is 26.0 Å². The lowest BCUT2D eigenvalue weighted by atomic mass is 10.2. The molecule has 17 heavy (non-hydrogen) atoms. The molecule has 2 aromatic heterocycles. The highest BCUT2D eigenvalue weighted by Crippen LogP contribution is 2.30. The fourth-order valence-electron chi connectivity index (χ4n) is 1.20. The first kappa shape index (κ1) is 11.9. The van der Waals surface area contributed by atoms with Crippen LogP contribution in [0.3, 0.4) is 0 Å². The molecule has 2 heterocycles. The minimum Gasteiger partial charge on any atom is -0.381 e. The molecule has 0 fully saturated rings. The van der Waals surface area contributed by atoms with Crippen molar-refractivity contribution >= 4 is 21.7 Å². The van der Waals surface area contributed by atoms with Crippen molar-refractivity contribution in [2.24, 2.45) is 0 Å². The zero-order chi connectivity index (χ0) is 12.6. The van der Waals surface area contributed by atoms with Crippen molar-refractivity contribution < 1.29 is 13.2 Å². The van der Waals surface area contributed by atoms with Gasteiger partial charge in [-0.25, -0.2) is 9.67 Å². The highest BCUT2D eigenvalue weighted by atomic mass is 79.9. The van der Waals surface area contributed by atoms with Gasteiger partial charge < -0.3 is 5.73 Å². The van der Waals surface area contributed by atoms with Crippen LogP contribution < -0.4 is 5.73 Å². The molecule has 0 aromatic carbocycles. The first-order valence-corrected chi connectivity index (χ1v) is 5.21. The second kappa shape index (κ2) is 4.02. The van der Waals surface area contributed by atoms with Crippen molar-refractivity contribution in [2.45, 2.75) is 6.18 Å². The standard InChI is InChI=1S/C9H6BrF3N4/c10-6-4-17(16-8(6)14)7-3-5(1-2-15-7)9(11,12)13/h1-4H,(H2,14,16). The Hall–Kier alpha value is -1.57. The van der Waals surface area contributed by atoms with Gasteiger partial charge in [-0.05, 0) is 28.1 Å². The average molecular weight is 307 g/mol. The summed E-state index contributed by atoms with van der Waals surface area (Å²) in [4.78, 5) is 3.80. The van der Waals surface area contributed by atoms with Gasteiger partial charge in [0.25, 0.3) is 0 Å². The molecular weight excluding hydrogens is 301 g/mol. The lowest BCUT2D eigenvalue weighted by Gasteiger charge is -2.07. The smallest absolute Gasteiger partial charge is 0.381 e. The van der Waals surface area contributed by atoms with E-state index >= 15 is 0 Å². The van der Waals surface area contributed by atoms with Gasteiger partial charge in [0, 0.05) is 12.4 Å². The molecule has 0 saturated heterocycles. The monoisotopic (exact) mass is 306 g/mol. The van der Waals surface area contributed by atoms with Crippen LogP contribution in [0.4, 0.5) is 19.0 Å². The molecule has 2 N–H and O–H groups in total. The van der Waals surface area contributed by atoms with E-state index in [1.807, 2.05) is 0 Å². The average Bonchev–Trinajstić information content (AvgIpc) is 2.58. The van der Waals surface area contributed by atoms with Crippen LogP contribution >= 0.6 is 15.9 Å². The summed E-state index contributed by atoms with van der Waals surface area (Å²) >= 11 is 3.11. The maximum absolute atomic E-state index is 12.5. The van der Waals surface area contributed by atoms with Crippen molar-refractivity contribution in [3.8, 4) is 5.82 Å². The molecule has 0 amide bonds. The number of nitrogens with zero attached hydrogens (tertiary/aromatic N) is 3. The highest BCUT2D eigenvalue weighted by molar-refractivity contribution is 9.10. The second-order valence-corrected chi connectivity index (χ2v) is 4.06. The number of alkyl halides is 3. The molecule has 0 aliphatic rings. The number of hydrogen-bond donors (Lipinski definition) is 1. The zero-order valence-corrected chi connectivity index (χ0v) is 9.83. The molecule has 0 aliphatic heterocycles. The molecule has 0 unspecified atom stereocenters. The van der Waals surface area contributed by atoms with E-state index < -0.39 is 11.7 Å². The summed E-state index contributed by atoms with van der Waals surface area (Å²) in [6.45, 7) is 0. The number of rotatable bonds is 1. The predicted octanol–water partition coefficient (Wildman–Crippen LogP) is 2.63. The molecule has 0 atom stereocenters. The molecule has 0 radical (unpaired) electrons. The van der Waals surface area contributed by atoms with Gasteiger partial charge in [-0.2, -0.15) is 13.2 Å². The Morgan fingerprint density at radius 3 is 2.59 bits per heavy atom. The predicted molar refractivity (Wildman–Crippen MR) is 58.5 cm³/mol. The summed E-state index contributed by atoms with van der Waals surface area (Å²) in [6.07, 6.45) is -1.89. The maximum atomic E-state index is 12.5. The van der Waals surface area contributed by atoms with E-state index in [9.17, 15) is 13.2 Å². The molecule has 0 bridgehead atoms. The Balaban J connectivity index is 2.47. The molecule has 0 spiro atoms. The van der Waals surface area contributed by atoms with Crippen molar-refractivity contribution in [1.82, 2.24) is 14.8 Å². The first-order chi connectivity index (χ1) is 7.88. The summed E-state index contributed by atoms with van der Waals surface area (Å²) < 4.78 is 39.1. The Morgan fingerprint density at radius 1 is 1.35 bits per heavy atom.